The van der Waals surface area contributed by atoms with E-state index in [0.29, 0.717) is 0 Å². The molecule has 3 rings (SSSR count). The Morgan fingerprint density at radius 2 is 1.81 bits per heavy atom. The maximum atomic E-state index is 11.4. The Morgan fingerprint density at radius 1 is 1.10 bits per heavy atom. The summed E-state index contributed by atoms with van der Waals surface area (Å²) in [6.45, 7) is 5.24. The molecule has 0 spiro atoms. The highest BCUT2D eigenvalue weighted by molar-refractivity contribution is 6.19. The van der Waals surface area contributed by atoms with E-state index in [1.807, 2.05) is 25.1 Å². The minimum Gasteiger partial charge on any atom is -0.378 e. The zero-order chi connectivity index (χ0) is 14.7. The summed E-state index contributed by atoms with van der Waals surface area (Å²) in [6.07, 6.45) is 5.14. The minimum atomic E-state index is 0.0524. The van der Waals surface area contributed by atoms with Crippen LogP contribution in [0.5, 0.6) is 0 Å². The lowest BCUT2D eigenvalue weighted by Gasteiger charge is -2.28. The average Bonchev–Trinajstić information content (AvgIpc) is 2.53. The number of allylic oxidation sites excluding steroid dienone is 4. The van der Waals surface area contributed by atoms with Crippen molar-refractivity contribution in [1.82, 2.24) is 0 Å². The van der Waals surface area contributed by atoms with E-state index in [-0.39, 0.29) is 5.78 Å². The van der Waals surface area contributed by atoms with Crippen LogP contribution < -0.4 is 4.90 Å². The van der Waals surface area contributed by atoms with Crippen molar-refractivity contribution < 1.29 is 9.53 Å². The van der Waals surface area contributed by atoms with E-state index in [0.717, 1.165) is 43.3 Å². The predicted molar refractivity (Wildman–Crippen MR) is 84.5 cm³/mol. The quantitative estimate of drug-likeness (QED) is 0.783. The lowest BCUT2D eigenvalue weighted by molar-refractivity contribution is -0.111. The molecule has 4 heteroatoms. The summed E-state index contributed by atoms with van der Waals surface area (Å²) < 4.78 is 5.36. The molecule has 1 saturated heterocycles. The van der Waals surface area contributed by atoms with Gasteiger partial charge in [-0.25, -0.2) is 4.99 Å². The van der Waals surface area contributed by atoms with Gasteiger partial charge in [-0.1, -0.05) is 0 Å². The van der Waals surface area contributed by atoms with Crippen LogP contribution in [0.1, 0.15) is 6.92 Å². The summed E-state index contributed by atoms with van der Waals surface area (Å²) in [5.41, 5.74) is 3.63. The molecule has 0 atom stereocenters. The Morgan fingerprint density at radius 3 is 2.48 bits per heavy atom. The van der Waals surface area contributed by atoms with Gasteiger partial charge in [-0.2, -0.15) is 0 Å². The van der Waals surface area contributed by atoms with E-state index in [4.69, 9.17) is 4.74 Å². The van der Waals surface area contributed by atoms with Gasteiger partial charge in [0.25, 0.3) is 0 Å². The molecule has 2 aliphatic rings. The third-order valence-electron chi connectivity index (χ3n) is 3.64. The van der Waals surface area contributed by atoms with Crippen LogP contribution >= 0.6 is 0 Å². The molecular formula is C17H18N2O2. The average molecular weight is 282 g/mol. The van der Waals surface area contributed by atoms with Crippen molar-refractivity contribution in [3.8, 4) is 0 Å². The van der Waals surface area contributed by atoms with Crippen LogP contribution in [-0.2, 0) is 9.53 Å². The first-order valence-electron chi connectivity index (χ1n) is 7.14. The topological polar surface area (TPSA) is 41.9 Å². The molecule has 21 heavy (non-hydrogen) atoms. The first-order valence-corrected chi connectivity index (χ1v) is 7.14. The predicted octanol–water partition coefficient (Wildman–Crippen LogP) is 2.68. The highest BCUT2D eigenvalue weighted by Crippen LogP contribution is 2.21. The second-order valence-corrected chi connectivity index (χ2v) is 5.18. The third kappa shape index (κ3) is 3.28. The zero-order valence-corrected chi connectivity index (χ0v) is 12.1. The van der Waals surface area contributed by atoms with Crippen LogP contribution in [0.25, 0.3) is 0 Å². The molecule has 1 aromatic rings. The zero-order valence-electron chi connectivity index (χ0n) is 12.1. The Kier molecular flexibility index (Phi) is 3.97. The van der Waals surface area contributed by atoms with Crippen LogP contribution in [0, 0.1) is 0 Å². The monoisotopic (exact) mass is 282 g/mol. The number of ketones is 1. The highest BCUT2D eigenvalue weighted by Gasteiger charge is 2.11. The maximum Gasteiger partial charge on any atom is 0.181 e. The summed E-state index contributed by atoms with van der Waals surface area (Å²) in [6, 6.07) is 8.18. The van der Waals surface area contributed by atoms with E-state index in [2.05, 4.69) is 22.0 Å². The van der Waals surface area contributed by atoms with E-state index in [9.17, 15) is 4.79 Å². The number of nitrogens with zero attached hydrogens (tertiary/aromatic N) is 2. The van der Waals surface area contributed by atoms with Crippen molar-refractivity contribution in [2.24, 2.45) is 4.99 Å². The molecule has 0 unspecified atom stereocenters. The summed E-state index contributed by atoms with van der Waals surface area (Å²) in [7, 11) is 0. The number of anilines is 1. The van der Waals surface area contributed by atoms with Crippen molar-refractivity contribution in [2.45, 2.75) is 6.92 Å². The smallest absolute Gasteiger partial charge is 0.181 e. The molecule has 0 amide bonds. The minimum absolute atomic E-state index is 0.0524. The van der Waals surface area contributed by atoms with Gasteiger partial charge in [0.1, 0.15) is 0 Å². The van der Waals surface area contributed by atoms with Crippen LogP contribution in [0.15, 0.2) is 53.1 Å². The summed E-state index contributed by atoms with van der Waals surface area (Å²) in [4.78, 5) is 18.2. The largest absolute Gasteiger partial charge is 0.378 e. The van der Waals surface area contributed by atoms with Gasteiger partial charge in [0.05, 0.1) is 24.6 Å². The van der Waals surface area contributed by atoms with Crippen molar-refractivity contribution in [3.05, 3.63) is 48.1 Å². The lowest BCUT2D eigenvalue weighted by Crippen LogP contribution is -2.36. The fourth-order valence-corrected chi connectivity index (χ4v) is 2.41. The first-order chi connectivity index (χ1) is 10.2. The van der Waals surface area contributed by atoms with Gasteiger partial charge in [0.15, 0.2) is 5.78 Å². The van der Waals surface area contributed by atoms with Gasteiger partial charge in [-0.05, 0) is 55.0 Å². The van der Waals surface area contributed by atoms with Gasteiger partial charge < -0.3 is 9.64 Å². The molecule has 108 valence electrons. The summed E-state index contributed by atoms with van der Waals surface area (Å²) >= 11 is 0. The van der Waals surface area contributed by atoms with Crippen LogP contribution in [-0.4, -0.2) is 37.8 Å². The summed E-state index contributed by atoms with van der Waals surface area (Å²) in [5.74, 6) is 0.0524. The maximum absolute atomic E-state index is 11.4. The number of aliphatic imine (C=N–C) groups is 1. The van der Waals surface area contributed by atoms with Gasteiger partial charge in [0.2, 0.25) is 0 Å². The molecule has 0 N–H and O–H groups in total. The van der Waals surface area contributed by atoms with Gasteiger partial charge >= 0.3 is 0 Å². The first kappa shape index (κ1) is 13.8. The highest BCUT2D eigenvalue weighted by atomic mass is 16.5. The third-order valence-corrected chi connectivity index (χ3v) is 3.64. The molecule has 0 aromatic heterocycles. The SMILES string of the molecule is CC1=C/C(=N\c2ccc(N3CCOCC3)cc2)C=CC1=O. The van der Waals surface area contributed by atoms with Gasteiger partial charge in [-0.15, -0.1) is 0 Å². The molecule has 0 saturated carbocycles. The lowest BCUT2D eigenvalue weighted by atomic mass is 10.1. The molecule has 4 nitrogen and oxygen atoms in total. The van der Waals surface area contributed by atoms with E-state index in [1.165, 1.54) is 5.69 Å². The van der Waals surface area contributed by atoms with Crippen molar-refractivity contribution in [2.75, 3.05) is 31.2 Å². The number of carbonyl (C=O) groups excluding carboxylic acids is 1. The molecule has 1 fully saturated rings. The van der Waals surface area contributed by atoms with E-state index >= 15 is 0 Å². The molecule has 1 aliphatic carbocycles. The Balaban J connectivity index is 1.75. The van der Waals surface area contributed by atoms with E-state index in [1.54, 1.807) is 12.2 Å². The number of benzene rings is 1. The molecule has 1 aromatic carbocycles. The molecule has 1 heterocycles. The van der Waals surface area contributed by atoms with Crippen LogP contribution in [0.3, 0.4) is 0 Å². The number of hydrogen-bond donors (Lipinski definition) is 0. The van der Waals surface area contributed by atoms with Gasteiger partial charge in [0, 0.05) is 18.8 Å². The van der Waals surface area contributed by atoms with Gasteiger partial charge in [-0.3, -0.25) is 4.79 Å². The normalized spacial score (nSPS) is 20.8. The Hall–Kier alpha value is -2.20. The molecular weight excluding hydrogens is 264 g/mol. The number of ether oxygens (including phenoxy) is 1. The van der Waals surface area contributed by atoms with Crippen molar-refractivity contribution in [3.63, 3.8) is 0 Å². The molecule has 0 bridgehead atoms. The summed E-state index contributed by atoms with van der Waals surface area (Å²) in [5, 5.41) is 0. The number of hydrogen-bond acceptors (Lipinski definition) is 4. The van der Waals surface area contributed by atoms with E-state index < -0.39 is 0 Å². The fourth-order valence-electron chi connectivity index (χ4n) is 2.41. The molecule has 0 radical (unpaired) electrons. The number of rotatable bonds is 2. The second kappa shape index (κ2) is 6.06. The number of morpholine rings is 1. The number of carbonyl (C=O) groups is 1. The van der Waals surface area contributed by atoms with Crippen LogP contribution in [0.4, 0.5) is 11.4 Å². The Labute approximate surface area is 124 Å². The second-order valence-electron chi connectivity index (χ2n) is 5.18. The molecule has 1 aliphatic heterocycles. The fraction of sp³-hybridized carbons (Fsp3) is 0.294. The van der Waals surface area contributed by atoms with Crippen molar-refractivity contribution >= 4 is 22.9 Å². The van der Waals surface area contributed by atoms with Crippen LogP contribution in [0.2, 0.25) is 0 Å². The Bertz CT molecular complexity index is 621. The van der Waals surface area contributed by atoms with Crippen molar-refractivity contribution in [1.29, 1.82) is 0 Å². The standard InChI is InChI=1S/C17H18N2O2/c1-13-12-15(4-7-17(13)20)18-14-2-5-16(6-3-14)19-8-10-21-11-9-19/h2-7,12H,8-11H2,1H3/b18-15-.